The van der Waals surface area contributed by atoms with Crippen molar-refractivity contribution < 1.29 is 0 Å². The van der Waals surface area contributed by atoms with Gasteiger partial charge < -0.3 is 10.9 Å². The Hall–Kier alpha value is -0.0800. The predicted molar refractivity (Wildman–Crippen MR) is 45.7 cm³/mol. The van der Waals surface area contributed by atoms with Gasteiger partial charge in [0.05, 0.1) is 0 Å². The van der Waals surface area contributed by atoms with Crippen molar-refractivity contribution in [2.24, 2.45) is 0 Å². The van der Waals surface area contributed by atoms with Crippen LogP contribution in [-0.4, -0.2) is 17.6 Å². The quantitative estimate of drug-likeness (QED) is 0.556. The van der Waals surface area contributed by atoms with Gasteiger partial charge in [-0.2, -0.15) is 0 Å². The molecule has 0 saturated carbocycles. The summed E-state index contributed by atoms with van der Waals surface area (Å²) in [5.74, 6) is 7.47. The first-order valence-electron chi connectivity index (χ1n) is 4.02. The third-order valence-corrected chi connectivity index (χ3v) is 2.36. The minimum atomic E-state index is 0.0920. The monoisotopic (exact) mass is 143 g/mol. The Morgan fingerprint density at radius 3 is 2.00 bits per heavy atom. The molecule has 0 amide bonds. The van der Waals surface area contributed by atoms with E-state index < -0.39 is 0 Å². The highest BCUT2D eigenvalue weighted by molar-refractivity contribution is 4.82. The Morgan fingerprint density at radius 1 is 1.40 bits per heavy atom. The first kappa shape index (κ1) is 9.92. The highest BCUT2D eigenvalue weighted by atomic mass is 15.4. The SMILES string of the molecule is CCCC(C)(CC)N(C)[NH-]. The van der Waals surface area contributed by atoms with Crippen LogP contribution in [-0.2, 0) is 0 Å². The van der Waals surface area contributed by atoms with Crippen LogP contribution in [0.15, 0.2) is 0 Å². The standard InChI is InChI=1S/C8H19N2/c1-5-7-8(3,6-2)10(4)9/h9H,5-7H2,1-4H3/q-1. The molecule has 0 aliphatic heterocycles. The largest absolute Gasteiger partial charge is 0.609 e. The zero-order valence-electron chi connectivity index (χ0n) is 7.57. The van der Waals surface area contributed by atoms with Gasteiger partial charge in [0.15, 0.2) is 0 Å². The summed E-state index contributed by atoms with van der Waals surface area (Å²) in [7, 11) is 1.83. The summed E-state index contributed by atoms with van der Waals surface area (Å²) in [6.07, 6.45) is 3.33. The van der Waals surface area contributed by atoms with Gasteiger partial charge >= 0.3 is 0 Å². The fourth-order valence-corrected chi connectivity index (χ4v) is 1.12. The molecule has 0 aliphatic carbocycles. The van der Waals surface area contributed by atoms with Crippen molar-refractivity contribution in [1.29, 1.82) is 0 Å². The van der Waals surface area contributed by atoms with Crippen molar-refractivity contribution in [1.82, 2.24) is 5.01 Å². The van der Waals surface area contributed by atoms with Gasteiger partial charge in [-0.05, 0) is 26.8 Å². The Balaban J connectivity index is 3.94. The molecular weight excluding hydrogens is 124 g/mol. The van der Waals surface area contributed by atoms with E-state index in [0.717, 1.165) is 19.3 Å². The van der Waals surface area contributed by atoms with Crippen LogP contribution >= 0.6 is 0 Å². The zero-order valence-corrected chi connectivity index (χ0v) is 7.57. The third-order valence-electron chi connectivity index (χ3n) is 2.36. The van der Waals surface area contributed by atoms with E-state index in [0.29, 0.717) is 0 Å². The lowest BCUT2D eigenvalue weighted by Crippen LogP contribution is -2.38. The minimum Gasteiger partial charge on any atom is -0.609 e. The van der Waals surface area contributed by atoms with E-state index in [1.165, 1.54) is 0 Å². The summed E-state index contributed by atoms with van der Waals surface area (Å²) >= 11 is 0. The van der Waals surface area contributed by atoms with E-state index in [1.807, 2.05) is 7.05 Å². The molecule has 0 bridgehead atoms. The summed E-state index contributed by atoms with van der Waals surface area (Å²) < 4.78 is 0. The lowest BCUT2D eigenvalue weighted by molar-refractivity contribution is 0.178. The van der Waals surface area contributed by atoms with Gasteiger partial charge in [0.2, 0.25) is 0 Å². The second-order valence-corrected chi connectivity index (χ2v) is 3.16. The Labute approximate surface area is 64.4 Å². The molecule has 2 heteroatoms. The van der Waals surface area contributed by atoms with Crippen LogP contribution in [0.4, 0.5) is 0 Å². The molecule has 1 N–H and O–H groups in total. The van der Waals surface area contributed by atoms with Crippen molar-refractivity contribution in [3.63, 3.8) is 0 Å². The number of hydrogen-bond acceptors (Lipinski definition) is 1. The summed E-state index contributed by atoms with van der Waals surface area (Å²) in [5, 5.41) is 1.58. The highest BCUT2D eigenvalue weighted by Crippen LogP contribution is 2.22. The molecule has 0 aromatic carbocycles. The molecular formula is C8H19N2-. The Morgan fingerprint density at radius 2 is 1.90 bits per heavy atom. The topological polar surface area (TPSA) is 27.0 Å². The molecule has 1 unspecified atom stereocenters. The highest BCUT2D eigenvalue weighted by Gasteiger charge is 2.18. The van der Waals surface area contributed by atoms with Crippen LogP contribution in [0.5, 0.6) is 0 Å². The van der Waals surface area contributed by atoms with E-state index in [1.54, 1.807) is 5.01 Å². The predicted octanol–water partition coefficient (Wildman–Crippen LogP) is 2.85. The molecule has 10 heavy (non-hydrogen) atoms. The van der Waals surface area contributed by atoms with Crippen molar-refractivity contribution in [3.8, 4) is 0 Å². The Bertz CT molecular complexity index is 91.3. The lowest BCUT2D eigenvalue weighted by Gasteiger charge is -2.42. The van der Waals surface area contributed by atoms with Crippen LogP contribution in [0, 0.1) is 0 Å². The molecule has 0 spiro atoms. The summed E-state index contributed by atoms with van der Waals surface area (Å²) in [5.41, 5.74) is 0.0920. The maximum atomic E-state index is 7.47. The molecule has 0 aromatic rings. The smallest absolute Gasteiger partial charge is 0.000373 e. The molecule has 0 aliphatic rings. The fourth-order valence-electron chi connectivity index (χ4n) is 1.12. The van der Waals surface area contributed by atoms with Gasteiger partial charge in [-0.25, -0.2) is 0 Å². The molecule has 2 nitrogen and oxygen atoms in total. The first-order valence-corrected chi connectivity index (χ1v) is 4.02. The van der Waals surface area contributed by atoms with Crippen LogP contribution in [0.25, 0.3) is 5.84 Å². The maximum Gasteiger partial charge on any atom is 0.000373 e. The van der Waals surface area contributed by atoms with Crippen molar-refractivity contribution in [2.75, 3.05) is 7.05 Å². The van der Waals surface area contributed by atoms with Crippen LogP contribution in [0.3, 0.4) is 0 Å². The summed E-state index contributed by atoms with van der Waals surface area (Å²) in [6.45, 7) is 6.45. The van der Waals surface area contributed by atoms with Gasteiger partial charge in [-0.15, -0.1) is 0 Å². The average Bonchev–Trinajstić information content (AvgIpc) is 1.88. The fraction of sp³-hybridized carbons (Fsp3) is 1.00. The van der Waals surface area contributed by atoms with Crippen LogP contribution in [0.2, 0.25) is 0 Å². The second kappa shape index (κ2) is 3.94. The molecule has 0 radical (unpaired) electrons. The Kier molecular flexibility index (Phi) is 3.91. The minimum absolute atomic E-state index is 0.0920. The van der Waals surface area contributed by atoms with Gasteiger partial charge in [0.25, 0.3) is 0 Å². The number of nitrogens with one attached hydrogen (secondary N) is 1. The van der Waals surface area contributed by atoms with E-state index >= 15 is 0 Å². The molecule has 1 atom stereocenters. The summed E-state index contributed by atoms with van der Waals surface area (Å²) in [6, 6.07) is 0. The van der Waals surface area contributed by atoms with Crippen molar-refractivity contribution in [2.45, 2.75) is 45.6 Å². The number of hydrogen-bond donors (Lipinski definition) is 0. The van der Waals surface area contributed by atoms with E-state index in [-0.39, 0.29) is 5.54 Å². The zero-order chi connectivity index (χ0) is 8.20. The van der Waals surface area contributed by atoms with Gasteiger partial charge in [-0.3, -0.25) is 0 Å². The molecule has 0 fully saturated rings. The third kappa shape index (κ3) is 2.27. The lowest BCUT2D eigenvalue weighted by atomic mass is 9.93. The molecule has 0 rings (SSSR count). The van der Waals surface area contributed by atoms with Gasteiger partial charge in [-0.1, -0.05) is 20.3 Å². The van der Waals surface area contributed by atoms with E-state index in [9.17, 15) is 0 Å². The van der Waals surface area contributed by atoms with Crippen LogP contribution in [0.1, 0.15) is 40.0 Å². The van der Waals surface area contributed by atoms with E-state index in [4.69, 9.17) is 5.84 Å². The molecule has 0 aromatic heterocycles. The van der Waals surface area contributed by atoms with Gasteiger partial charge in [0.1, 0.15) is 0 Å². The first-order chi connectivity index (χ1) is 4.56. The number of rotatable bonds is 4. The average molecular weight is 143 g/mol. The summed E-state index contributed by atoms with van der Waals surface area (Å²) in [4.78, 5) is 0. The molecule has 0 heterocycles. The second-order valence-electron chi connectivity index (χ2n) is 3.16. The van der Waals surface area contributed by atoms with Crippen molar-refractivity contribution in [3.05, 3.63) is 5.84 Å². The van der Waals surface area contributed by atoms with Crippen molar-refractivity contribution >= 4 is 0 Å². The molecule has 62 valence electrons. The maximum absolute atomic E-state index is 7.47. The normalized spacial score (nSPS) is 17.4. The number of nitrogens with zero attached hydrogens (tertiary/aromatic N) is 1. The van der Waals surface area contributed by atoms with E-state index in [2.05, 4.69) is 20.8 Å². The molecule has 0 saturated heterocycles. The van der Waals surface area contributed by atoms with Crippen LogP contribution < -0.4 is 0 Å². The van der Waals surface area contributed by atoms with Gasteiger partial charge in [0, 0.05) is 5.54 Å².